The summed E-state index contributed by atoms with van der Waals surface area (Å²) in [7, 11) is 1.42. The molecule has 4 atom stereocenters. The van der Waals surface area contributed by atoms with E-state index in [9.17, 15) is 24.3 Å². The van der Waals surface area contributed by atoms with Crippen LogP contribution in [0.25, 0.3) is 0 Å². The van der Waals surface area contributed by atoms with E-state index in [0.29, 0.717) is 28.7 Å². The molecule has 3 aliphatic carbocycles. The molecule has 2 saturated heterocycles. The number of imide groups is 1. The second kappa shape index (κ2) is 11.4. The van der Waals surface area contributed by atoms with Crippen LogP contribution in [-0.4, -0.2) is 64.5 Å². The highest BCUT2D eigenvalue weighted by atomic mass is 35.5. The van der Waals surface area contributed by atoms with Crippen molar-refractivity contribution in [3.63, 3.8) is 0 Å². The first-order valence-corrected chi connectivity index (χ1v) is 16.0. The Morgan fingerprint density at radius 3 is 2.44 bits per heavy atom. The molecule has 0 bridgehead atoms. The maximum Gasteiger partial charge on any atom is 0.233 e. The summed E-state index contributed by atoms with van der Waals surface area (Å²) in [5.74, 6) is -3.04. The molecule has 0 saturated carbocycles. The van der Waals surface area contributed by atoms with Gasteiger partial charge in [-0.2, -0.15) is 0 Å². The van der Waals surface area contributed by atoms with Crippen LogP contribution in [0, 0.1) is 17.8 Å². The van der Waals surface area contributed by atoms with E-state index < -0.39 is 23.7 Å². The summed E-state index contributed by atoms with van der Waals surface area (Å²) in [4.78, 5) is 59.2. The number of methoxy groups -OCH3 is 1. The van der Waals surface area contributed by atoms with Gasteiger partial charge in [-0.1, -0.05) is 53.6 Å². The summed E-state index contributed by atoms with van der Waals surface area (Å²) < 4.78 is 5.38. The highest BCUT2D eigenvalue weighted by Crippen LogP contribution is 2.56. The SMILES string of the molecule is COc1cc(C2C3=CCC4C(=O)N(C5CCN(Cc6ccccc6)CC5)C(=O)C4C3CC3=C2C(=O)C(C)=CC3=O)cc(Cl)c1O. The Labute approximate surface area is 267 Å². The number of carbonyl (C=O) groups is 4. The quantitative estimate of drug-likeness (QED) is 0.278. The third kappa shape index (κ3) is 4.86. The number of carbonyl (C=O) groups excluding carboxylic acids is 4. The van der Waals surface area contributed by atoms with Crippen molar-refractivity contribution in [2.45, 2.75) is 51.1 Å². The number of aromatic hydroxyl groups is 1. The molecule has 2 heterocycles. The van der Waals surface area contributed by atoms with E-state index in [1.54, 1.807) is 19.1 Å². The molecule has 9 heteroatoms. The predicted molar refractivity (Wildman–Crippen MR) is 168 cm³/mol. The second-order valence-electron chi connectivity index (χ2n) is 12.8. The Hall–Kier alpha value is -4.01. The van der Waals surface area contributed by atoms with Gasteiger partial charge in [-0.3, -0.25) is 29.0 Å². The molecule has 0 spiro atoms. The van der Waals surface area contributed by atoms with Crippen LogP contribution in [0.5, 0.6) is 11.5 Å². The lowest BCUT2D eigenvalue weighted by Gasteiger charge is -2.42. The molecule has 2 fully saturated rings. The molecule has 0 radical (unpaired) electrons. The number of allylic oxidation sites excluding steroid dienone is 6. The lowest BCUT2D eigenvalue weighted by Crippen LogP contribution is -2.47. The van der Waals surface area contributed by atoms with Crippen LogP contribution in [0.3, 0.4) is 0 Å². The van der Waals surface area contributed by atoms with Crippen molar-refractivity contribution in [1.29, 1.82) is 0 Å². The number of ketones is 2. The van der Waals surface area contributed by atoms with E-state index in [1.165, 1.54) is 23.6 Å². The number of fused-ring (bicyclic) bond motifs is 3. The van der Waals surface area contributed by atoms with Gasteiger partial charge in [0.15, 0.2) is 23.1 Å². The van der Waals surface area contributed by atoms with Gasteiger partial charge in [0.1, 0.15) is 0 Å². The molecule has 2 amide bonds. The van der Waals surface area contributed by atoms with Gasteiger partial charge in [0.25, 0.3) is 0 Å². The van der Waals surface area contributed by atoms with Crippen molar-refractivity contribution in [3.8, 4) is 11.5 Å². The second-order valence-corrected chi connectivity index (χ2v) is 13.2. The average Bonchev–Trinajstić information content (AvgIpc) is 3.30. The average molecular weight is 627 g/mol. The molecule has 2 aromatic carbocycles. The molecular formula is C36H35ClN2O6. The third-order valence-electron chi connectivity index (χ3n) is 10.4. The number of nitrogens with zero attached hydrogens (tertiary/aromatic N) is 2. The highest BCUT2D eigenvalue weighted by Gasteiger charge is 2.57. The molecule has 7 rings (SSSR count). The van der Waals surface area contributed by atoms with Gasteiger partial charge >= 0.3 is 0 Å². The molecule has 5 aliphatic rings. The van der Waals surface area contributed by atoms with Crippen LogP contribution < -0.4 is 4.74 Å². The van der Waals surface area contributed by atoms with Crippen LogP contribution >= 0.6 is 11.6 Å². The Morgan fingerprint density at radius 1 is 1.00 bits per heavy atom. The molecule has 232 valence electrons. The van der Waals surface area contributed by atoms with Crippen molar-refractivity contribution in [1.82, 2.24) is 9.80 Å². The number of rotatable bonds is 5. The number of ether oxygens (including phenoxy) is 1. The maximum atomic E-state index is 14.3. The minimum absolute atomic E-state index is 0.0571. The topological polar surface area (TPSA) is 104 Å². The van der Waals surface area contributed by atoms with Crippen molar-refractivity contribution < 1.29 is 29.0 Å². The Kier molecular flexibility index (Phi) is 7.53. The van der Waals surface area contributed by atoms with E-state index in [-0.39, 0.29) is 52.4 Å². The number of hydrogen-bond donors (Lipinski definition) is 1. The van der Waals surface area contributed by atoms with Crippen LogP contribution in [0.4, 0.5) is 0 Å². The number of likely N-dealkylation sites (tertiary alicyclic amines) is 2. The minimum atomic E-state index is -0.662. The van der Waals surface area contributed by atoms with Crippen molar-refractivity contribution >= 4 is 35.0 Å². The van der Waals surface area contributed by atoms with Gasteiger partial charge in [0.05, 0.1) is 24.0 Å². The lowest BCUT2D eigenvalue weighted by atomic mass is 9.59. The van der Waals surface area contributed by atoms with Crippen LogP contribution in [-0.2, 0) is 25.7 Å². The van der Waals surface area contributed by atoms with Crippen molar-refractivity contribution in [2.24, 2.45) is 17.8 Å². The molecule has 8 nitrogen and oxygen atoms in total. The first kappa shape index (κ1) is 29.7. The first-order valence-electron chi connectivity index (χ1n) is 15.6. The van der Waals surface area contributed by atoms with Gasteiger partial charge in [0.2, 0.25) is 11.8 Å². The van der Waals surface area contributed by atoms with Gasteiger partial charge < -0.3 is 9.84 Å². The maximum absolute atomic E-state index is 14.3. The van der Waals surface area contributed by atoms with Crippen molar-refractivity contribution in [2.75, 3.05) is 20.2 Å². The smallest absolute Gasteiger partial charge is 0.233 e. The zero-order valence-electron chi connectivity index (χ0n) is 25.3. The number of benzene rings is 2. The molecule has 45 heavy (non-hydrogen) atoms. The fraction of sp³-hybridized carbons (Fsp3) is 0.389. The number of phenolic OH excluding ortho intramolecular Hbond substituents is 1. The van der Waals surface area contributed by atoms with E-state index in [1.807, 2.05) is 24.3 Å². The van der Waals surface area contributed by atoms with Crippen LogP contribution in [0.1, 0.15) is 49.7 Å². The molecule has 2 aromatic rings. The molecule has 2 aliphatic heterocycles. The highest BCUT2D eigenvalue weighted by molar-refractivity contribution is 6.32. The van der Waals surface area contributed by atoms with E-state index in [4.69, 9.17) is 16.3 Å². The number of hydrogen-bond acceptors (Lipinski definition) is 7. The fourth-order valence-electron chi connectivity index (χ4n) is 8.22. The van der Waals surface area contributed by atoms with Gasteiger partial charge in [-0.05, 0) is 67.9 Å². The largest absolute Gasteiger partial charge is 0.503 e. The Balaban J connectivity index is 1.21. The number of piperidine rings is 1. The number of phenols is 1. The van der Waals surface area contributed by atoms with Gasteiger partial charge in [-0.15, -0.1) is 0 Å². The normalized spacial score (nSPS) is 27.2. The lowest BCUT2D eigenvalue weighted by molar-refractivity contribution is -0.144. The molecular weight excluding hydrogens is 592 g/mol. The molecule has 4 unspecified atom stereocenters. The van der Waals surface area contributed by atoms with Gasteiger partial charge in [-0.25, -0.2) is 0 Å². The third-order valence-corrected chi connectivity index (χ3v) is 10.7. The number of amides is 2. The van der Waals surface area contributed by atoms with E-state index in [0.717, 1.165) is 38.0 Å². The van der Waals surface area contributed by atoms with Crippen LogP contribution in [0.2, 0.25) is 5.02 Å². The summed E-state index contributed by atoms with van der Waals surface area (Å²) in [5.41, 5.74) is 3.79. The number of Topliss-reactive ketones (excluding diaryl/α,β-unsaturated/α-hetero) is 1. The minimum Gasteiger partial charge on any atom is -0.503 e. The zero-order valence-corrected chi connectivity index (χ0v) is 26.0. The molecule has 1 N–H and O–H groups in total. The standard InChI is InChI=1S/C36H35ClN2O6/c1-19-14-28(40)26-17-25-23(30(32(26)33(19)41)21-15-27(37)34(42)29(16-21)45-2)8-9-24-31(25)36(44)39(35(24)43)22-10-12-38(13-11-22)18-20-6-4-3-5-7-20/h3-8,14-16,22,24-25,30-31,42H,9-13,17-18H2,1-2H3. The summed E-state index contributed by atoms with van der Waals surface area (Å²) in [6, 6.07) is 13.3. The summed E-state index contributed by atoms with van der Waals surface area (Å²) in [6.07, 6.45) is 5.40. The van der Waals surface area contributed by atoms with Crippen LogP contribution in [0.15, 0.2) is 76.9 Å². The summed E-state index contributed by atoms with van der Waals surface area (Å²) in [6.45, 7) is 4.05. The van der Waals surface area contributed by atoms with Crippen molar-refractivity contribution in [3.05, 3.63) is 93.1 Å². The Bertz CT molecular complexity index is 1720. The van der Waals surface area contributed by atoms with E-state index >= 15 is 0 Å². The first-order chi connectivity index (χ1) is 21.7. The monoisotopic (exact) mass is 626 g/mol. The Morgan fingerprint density at radius 2 is 1.73 bits per heavy atom. The summed E-state index contributed by atoms with van der Waals surface area (Å²) in [5, 5.41) is 10.5. The van der Waals surface area contributed by atoms with Gasteiger partial charge in [0, 0.05) is 48.3 Å². The molecule has 0 aromatic heterocycles. The zero-order chi connectivity index (χ0) is 31.6. The fourth-order valence-corrected chi connectivity index (χ4v) is 8.44. The predicted octanol–water partition coefficient (Wildman–Crippen LogP) is 5.15. The summed E-state index contributed by atoms with van der Waals surface area (Å²) >= 11 is 6.42. The number of halogens is 1. The van der Waals surface area contributed by atoms with E-state index in [2.05, 4.69) is 17.0 Å².